The van der Waals surface area contributed by atoms with Gasteiger partial charge in [-0.05, 0) is 56.8 Å². The zero-order chi connectivity index (χ0) is 13.6. The van der Waals surface area contributed by atoms with Crippen molar-refractivity contribution in [1.82, 2.24) is 10.2 Å². The summed E-state index contributed by atoms with van der Waals surface area (Å²) in [7, 11) is 0. The molecule has 0 amide bonds. The number of hydrogen-bond acceptors (Lipinski definition) is 2. The van der Waals surface area contributed by atoms with E-state index in [1.54, 1.807) is 0 Å². The van der Waals surface area contributed by atoms with Gasteiger partial charge in [-0.2, -0.15) is 0 Å². The predicted molar refractivity (Wildman–Crippen MR) is 84.8 cm³/mol. The third-order valence-electron chi connectivity index (χ3n) is 5.01. The van der Waals surface area contributed by atoms with Gasteiger partial charge in [0.25, 0.3) is 0 Å². The molecule has 1 aliphatic heterocycles. The van der Waals surface area contributed by atoms with Gasteiger partial charge in [0.2, 0.25) is 0 Å². The molecule has 1 N–H and O–H groups in total. The van der Waals surface area contributed by atoms with Crippen molar-refractivity contribution < 1.29 is 0 Å². The van der Waals surface area contributed by atoms with E-state index in [-0.39, 0.29) is 0 Å². The smallest absolute Gasteiger partial charge is 0.0472 e. The van der Waals surface area contributed by atoms with Crippen LogP contribution in [-0.4, -0.2) is 31.1 Å². The van der Waals surface area contributed by atoms with Crippen molar-refractivity contribution in [3.8, 4) is 0 Å². The normalized spacial score (nSPS) is 22.4. The summed E-state index contributed by atoms with van der Waals surface area (Å²) in [5, 5.41) is 3.76. The van der Waals surface area contributed by atoms with Crippen LogP contribution in [0, 0.1) is 5.92 Å². The molecule has 3 rings (SSSR count). The van der Waals surface area contributed by atoms with Crippen molar-refractivity contribution in [3.05, 3.63) is 35.9 Å². The van der Waals surface area contributed by atoms with Crippen LogP contribution in [0.4, 0.5) is 0 Å². The molecule has 1 heterocycles. The van der Waals surface area contributed by atoms with E-state index >= 15 is 0 Å². The maximum absolute atomic E-state index is 3.76. The Morgan fingerprint density at radius 1 is 1.00 bits per heavy atom. The van der Waals surface area contributed by atoms with Gasteiger partial charge >= 0.3 is 0 Å². The van der Waals surface area contributed by atoms with Crippen molar-refractivity contribution in [3.63, 3.8) is 0 Å². The fourth-order valence-electron chi connectivity index (χ4n) is 3.82. The Morgan fingerprint density at radius 2 is 1.70 bits per heavy atom. The molecule has 110 valence electrons. The summed E-state index contributed by atoms with van der Waals surface area (Å²) in [6, 6.07) is 11.6. The van der Waals surface area contributed by atoms with Gasteiger partial charge in [-0.15, -0.1) is 0 Å². The first-order valence-corrected chi connectivity index (χ1v) is 8.43. The molecule has 1 aromatic rings. The van der Waals surface area contributed by atoms with Gasteiger partial charge in [-0.25, -0.2) is 0 Å². The minimum Gasteiger partial charge on any atom is -0.315 e. The summed E-state index contributed by atoms with van der Waals surface area (Å²) in [4.78, 5) is 2.66. The Hall–Kier alpha value is -0.860. The lowest BCUT2D eigenvalue weighted by atomic mass is 10.0. The fourth-order valence-corrected chi connectivity index (χ4v) is 3.82. The molecule has 2 fully saturated rings. The van der Waals surface area contributed by atoms with E-state index in [9.17, 15) is 0 Å². The highest BCUT2D eigenvalue weighted by Gasteiger charge is 2.23. The predicted octanol–water partition coefficient (Wildman–Crippen LogP) is 3.60. The van der Waals surface area contributed by atoms with Crippen LogP contribution in [0.15, 0.2) is 30.3 Å². The Morgan fingerprint density at radius 3 is 2.40 bits per heavy atom. The minimum atomic E-state index is 0.570. The second-order valence-electron chi connectivity index (χ2n) is 6.48. The van der Waals surface area contributed by atoms with Crippen molar-refractivity contribution in [2.24, 2.45) is 5.92 Å². The first-order chi connectivity index (χ1) is 9.93. The standard InChI is InChI=1S/C18H28N2/c1-2-10-17(11-3-1)18(20-12-6-7-13-20)15-19-14-16-8-4-5-9-16/h1-3,10-11,16,18-19H,4-9,12-15H2. The molecular weight excluding hydrogens is 244 g/mol. The molecule has 2 heteroatoms. The number of benzene rings is 1. The van der Waals surface area contributed by atoms with Crippen molar-refractivity contribution in [2.45, 2.75) is 44.6 Å². The van der Waals surface area contributed by atoms with Crippen LogP contribution in [0.3, 0.4) is 0 Å². The molecule has 0 aromatic heterocycles. The maximum atomic E-state index is 3.76. The highest BCUT2D eigenvalue weighted by molar-refractivity contribution is 5.19. The van der Waals surface area contributed by atoms with Gasteiger partial charge in [-0.1, -0.05) is 43.2 Å². The van der Waals surface area contributed by atoms with Gasteiger partial charge in [0, 0.05) is 12.6 Å². The van der Waals surface area contributed by atoms with E-state index in [4.69, 9.17) is 0 Å². The van der Waals surface area contributed by atoms with Gasteiger partial charge in [-0.3, -0.25) is 4.90 Å². The molecule has 0 spiro atoms. The zero-order valence-corrected chi connectivity index (χ0v) is 12.6. The van der Waals surface area contributed by atoms with Crippen LogP contribution in [0.5, 0.6) is 0 Å². The van der Waals surface area contributed by atoms with E-state index in [2.05, 4.69) is 40.5 Å². The van der Waals surface area contributed by atoms with E-state index in [0.717, 1.165) is 12.5 Å². The van der Waals surface area contributed by atoms with Crippen molar-refractivity contribution in [1.29, 1.82) is 0 Å². The molecule has 1 atom stereocenters. The largest absolute Gasteiger partial charge is 0.315 e. The number of rotatable bonds is 6. The van der Waals surface area contributed by atoms with Crippen molar-refractivity contribution >= 4 is 0 Å². The molecule has 1 aliphatic carbocycles. The second-order valence-corrected chi connectivity index (χ2v) is 6.48. The lowest BCUT2D eigenvalue weighted by Crippen LogP contribution is -2.35. The molecule has 2 aliphatic rings. The van der Waals surface area contributed by atoms with E-state index < -0.39 is 0 Å². The highest BCUT2D eigenvalue weighted by Crippen LogP contribution is 2.26. The molecule has 1 unspecified atom stereocenters. The Bertz CT molecular complexity index is 378. The Labute approximate surface area is 123 Å². The average Bonchev–Trinajstić information content (AvgIpc) is 3.18. The van der Waals surface area contributed by atoms with E-state index in [1.807, 2.05) is 0 Å². The molecular formula is C18H28N2. The topological polar surface area (TPSA) is 15.3 Å². The number of nitrogens with one attached hydrogen (secondary N) is 1. The molecule has 2 nitrogen and oxygen atoms in total. The molecule has 1 saturated carbocycles. The van der Waals surface area contributed by atoms with E-state index in [1.165, 1.54) is 63.7 Å². The molecule has 0 bridgehead atoms. The summed E-state index contributed by atoms with van der Waals surface area (Å²) < 4.78 is 0. The fraction of sp³-hybridized carbons (Fsp3) is 0.667. The first-order valence-electron chi connectivity index (χ1n) is 8.43. The van der Waals surface area contributed by atoms with Crippen molar-refractivity contribution in [2.75, 3.05) is 26.2 Å². The van der Waals surface area contributed by atoms with E-state index in [0.29, 0.717) is 6.04 Å². The second kappa shape index (κ2) is 7.24. The summed E-state index contributed by atoms with van der Waals surface area (Å²) >= 11 is 0. The van der Waals surface area contributed by atoms with Crippen LogP contribution in [-0.2, 0) is 0 Å². The Balaban J connectivity index is 1.57. The summed E-state index contributed by atoms with van der Waals surface area (Å²) in [5.74, 6) is 0.935. The molecule has 1 saturated heterocycles. The summed E-state index contributed by atoms with van der Waals surface area (Å²) in [6.45, 7) is 4.87. The summed E-state index contributed by atoms with van der Waals surface area (Å²) in [5.41, 5.74) is 1.48. The first kappa shape index (κ1) is 14.1. The number of hydrogen-bond donors (Lipinski definition) is 1. The molecule has 1 aromatic carbocycles. The third kappa shape index (κ3) is 3.62. The molecule has 0 radical (unpaired) electrons. The average molecular weight is 272 g/mol. The number of likely N-dealkylation sites (tertiary alicyclic amines) is 1. The molecule has 20 heavy (non-hydrogen) atoms. The lowest BCUT2D eigenvalue weighted by molar-refractivity contribution is 0.236. The van der Waals surface area contributed by atoms with Gasteiger partial charge in [0.05, 0.1) is 0 Å². The number of nitrogens with zero attached hydrogens (tertiary/aromatic N) is 1. The van der Waals surface area contributed by atoms with Gasteiger partial charge < -0.3 is 5.32 Å². The quantitative estimate of drug-likeness (QED) is 0.851. The third-order valence-corrected chi connectivity index (χ3v) is 5.01. The van der Waals surface area contributed by atoms with Crippen LogP contribution < -0.4 is 5.32 Å². The monoisotopic (exact) mass is 272 g/mol. The Kier molecular flexibility index (Phi) is 5.10. The van der Waals surface area contributed by atoms with Crippen LogP contribution in [0.2, 0.25) is 0 Å². The van der Waals surface area contributed by atoms with Gasteiger partial charge in [0.15, 0.2) is 0 Å². The maximum Gasteiger partial charge on any atom is 0.0472 e. The highest BCUT2D eigenvalue weighted by atomic mass is 15.2. The van der Waals surface area contributed by atoms with Crippen LogP contribution in [0.1, 0.15) is 50.1 Å². The minimum absolute atomic E-state index is 0.570. The van der Waals surface area contributed by atoms with Crippen LogP contribution >= 0.6 is 0 Å². The van der Waals surface area contributed by atoms with Crippen LogP contribution in [0.25, 0.3) is 0 Å². The summed E-state index contributed by atoms with van der Waals surface area (Å²) in [6.07, 6.45) is 8.50. The van der Waals surface area contributed by atoms with Gasteiger partial charge in [0.1, 0.15) is 0 Å². The zero-order valence-electron chi connectivity index (χ0n) is 12.6. The SMILES string of the molecule is c1ccc(C(CNCC2CCCC2)N2CCCC2)cc1. The lowest BCUT2D eigenvalue weighted by Gasteiger charge is -2.28.